The molecule has 0 saturated heterocycles. The van der Waals surface area contributed by atoms with Crippen LogP contribution < -0.4 is 10.1 Å². The molecule has 8 nitrogen and oxygen atoms in total. The molecule has 1 fully saturated rings. The molecule has 9 heteroatoms. The number of hydrogen-bond donors (Lipinski definition) is 2. The van der Waals surface area contributed by atoms with Crippen molar-refractivity contribution in [3.63, 3.8) is 0 Å². The van der Waals surface area contributed by atoms with E-state index in [0.717, 1.165) is 71.4 Å². The number of anilines is 2. The molecule has 4 rings (SSSR count). The summed E-state index contributed by atoms with van der Waals surface area (Å²) >= 11 is 1.43. The molecule has 2 N–H and O–H groups in total. The Bertz CT molecular complexity index is 1120. The molecule has 0 aromatic carbocycles. The van der Waals surface area contributed by atoms with Gasteiger partial charge in [-0.2, -0.15) is 0 Å². The lowest BCUT2D eigenvalue weighted by atomic mass is 9.95. The van der Waals surface area contributed by atoms with Crippen LogP contribution in [0.25, 0.3) is 10.2 Å². The largest absolute Gasteiger partial charge is 0.473 e. The van der Waals surface area contributed by atoms with Gasteiger partial charge in [0.2, 0.25) is 5.88 Å². The van der Waals surface area contributed by atoms with E-state index in [9.17, 15) is 9.90 Å². The number of aliphatic hydroxyl groups is 1. The number of aromatic nitrogens is 3. The average Bonchev–Trinajstić information content (AvgIpc) is 3.17. The van der Waals surface area contributed by atoms with Crippen molar-refractivity contribution in [1.82, 2.24) is 19.9 Å². The predicted octanol–water partition coefficient (Wildman–Crippen LogP) is 4.74. The van der Waals surface area contributed by atoms with Gasteiger partial charge in [-0.05, 0) is 83.8 Å². The number of ketones is 1. The summed E-state index contributed by atoms with van der Waals surface area (Å²) in [6.45, 7) is 2.95. The van der Waals surface area contributed by atoms with Crippen LogP contribution >= 0.6 is 11.3 Å². The monoisotopic (exact) mass is 483 g/mol. The van der Waals surface area contributed by atoms with E-state index in [2.05, 4.69) is 25.2 Å². The Hall–Kier alpha value is -2.62. The number of nitrogens with one attached hydrogen (secondary N) is 1. The summed E-state index contributed by atoms with van der Waals surface area (Å²) in [5.74, 6) is 1.32. The molecule has 0 radical (unpaired) electrons. The zero-order valence-electron chi connectivity index (χ0n) is 20.1. The van der Waals surface area contributed by atoms with Gasteiger partial charge in [-0.1, -0.05) is 0 Å². The molecule has 0 aliphatic heterocycles. The van der Waals surface area contributed by atoms with E-state index >= 15 is 0 Å². The minimum atomic E-state index is -0.234. The molecule has 34 heavy (non-hydrogen) atoms. The van der Waals surface area contributed by atoms with E-state index in [1.807, 2.05) is 33.2 Å². The first kappa shape index (κ1) is 24.5. The van der Waals surface area contributed by atoms with Crippen LogP contribution in [-0.4, -0.2) is 63.6 Å². The topological polar surface area (TPSA) is 100 Å². The standard InChI is InChI=1S/C25H33N5O3S/c1-16-21-23(27-15-28-25(21)34-22(16)20(32)8-4-5-14-30(2)3)29-19-7-6-13-26-24(19)33-18-11-9-17(31)10-12-18/h6-7,13,15,17-18,31H,4-5,8-12,14H2,1-3H3,(H,27,28,29). The highest BCUT2D eigenvalue weighted by Crippen LogP contribution is 2.37. The van der Waals surface area contributed by atoms with Crippen LogP contribution in [0, 0.1) is 6.92 Å². The molecule has 1 aliphatic rings. The number of Topliss-reactive ketones (excluding diaryl/α,β-unsaturated/α-hetero) is 1. The second kappa shape index (κ2) is 11.2. The molecule has 1 saturated carbocycles. The third-order valence-electron chi connectivity index (χ3n) is 6.19. The maximum Gasteiger partial charge on any atom is 0.238 e. The highest BCUT2D eigenvalue weighted by molar-refractivity contribution is 7.20. The number of pyridine rings is 1. The number of carbonyl (C=O) groups excluding carboxylic acids is 1. The normalized spacial score (nSPS) is 18.4. The molecule has 0 unspecified atom stereocenters. The second-order valence-electron chi connectivity index (χ2n) is 9.17. The highest BCUT2D eigenvalue weighted by Gasteiger charge is 2.23. The van der Waals surface area contributed by atoms with Gasteiger partial charge in [0.15, 0.2) is 5.78 Å². The van der Waals surface area contributed by atoms with Crippen molar-refractivity contribution in [2.75, 3.05) is 26.0 Å². The summed E-state index contributed by atoms with van der Waals surface area (Å²) in [7, 11) is 4.09. The van der Waals surface area contributed by atoms with E-state index in [4.69, 9.17) is 4.74 Å². The number of hydrogen-bond acceptors (Lipinski definition) is 9. The minimum Gasteiger partial charge on any atom is -0.473 e. The van der Waals surface area contributed by atoms with Gasteiger partial charge in [-0.15, -0.1) is 11.3 Å². The number of ether oxygens (including phenoxy) is 1. The van der Waals surface area contributed by atoms with Crippen molar-refractivity contribution in [1.29, 1.82) is 0 Å². The fraction of sp³-hybridized carbons (Fsp3) is 0.520. The Kier molecular flexibility index (Phi) is 8.07. The van der Waals surface area contributed by atoms with Crippen LogP contribution in [0.3, 0.4) is 0 Å². The number of thiophene rings is 1. The maximum atomic E-state index is 12.9. The highest BCUT2D eigenvalue weighted by atomic mass is 32.1. The van der Waals surface area contributed by atoms with Crippen LogP contribution in [0.2, 0.25) is 0 Å². The summed E-state index contributed by atoms with van der Waals surface area (Å²) in [4.78, 5) is 30.0. The van der Waals surface area contributed by atoms with Crippen molar-refractivity contribution in [3.05, 3.63) is 35.1 Å². The number of carbonyl (C=O) groups is 1. The summed E-state index contributed by atoms with van der Waals surface area (Å²) in [6.07, 6.45) is 8.52. The molecule has 0 bridgehead atoms. The van der Waals surface area contributed by atoms with Gasteiger partial charge in [0.05, 0.1) is 16.4 Å². The summed E-state index contributed by atoms with van der Waals surface area (Å²) in [5, 5.41) is 14.0. The van der Waals surface area contributed by atoms with Gasteiger partial charge in [0.25, 0.3) is 0 Å². The van der Waals surface area contributed by atoms with Crippen molar-refractivity contribution in [3.8, 4) is 5.88 Å². The van der Waals surface area contributed by atoms with Crippen LogP contribution in [-0.2, 0) is 0 Å². The van der Waals surface area contributed by atoms with Crippen molar-refractivity contribution in [2.45, 2.75) is 64.1 Å². The molecule has 3 aromatic heterocycles. The minimum absolute atomic E-state index is 0.0314. The first-order valence-corrected chi connectivity index (χ1v) is 12.7. The Morgan fingerprint density at radius 2 is 2.00 bits per heavy atom. The van der Waals surface area contributed by atoms with Crippen LogP contribution in [0.4, 0.5) is 11.5 Å². The first-order chi connectivity index (χ1) is 16.4. The third-order valence-corrected chi connectivity index (χ3v) is 7.43. The van der Waals surface area contributed by atoms with Crippen molar-refractivity contribution in [2.24, 2.45) is 0 Å². The number of nitrogens with zero attached hydrogens (tertiary/aromatic N) is 4. The molecule has 3 heterocycles. The quantitative estimate of drug-likeness (QED) is 0.315. The first-order valence-electron chi connectivity index (χ1n) is 11.9. The number of aryl methyl sites for hydroxylation is 1. The van der Waals surface area contributed by atoms with E-state index in [-0.39, 0.29) is 18.0 Å². The predicted molar refractivity (Wildman–Crippen MR) is 135 cm³/mol. The van der Waals surface area contributed by atoms with Crippen LogP contribution in [0.1, 0.15) is 60.2 Å². The van der Waals surface area contributed by atoms with Gasteiger partial charge < -0.3 is 20.1 Å². The number of aliphatic hydroxyl groups excluding tert-OH is 1. The fourth-order valence-electron chi connectivity index (χ4n) is 4.29. The molecule has 0 spiro atoms. The van der Waals surface area contributed by atoms with E-state index < -0.39 is 0 Å². The second-order valence-corrected chi connectivity index (χ2v) is 10.2. The Morgan fingerprint density at radius 1 is 1.21 bits per heavy atom. The Labute approximate surface area is 204 Å². The van der Waals surface area contributed by atoms with Gasteiger partial charge in [0, 0.05) is 12.6 Å². The number of fused-ring (bicyclic) bond motifs is 1. The lowest BCUT2D eigenvalue weighted by Crippen LogP contribution is -2.27. The molecular weight excluding hydrogens is 450 g/mol. The Balaban J connectivity index is 1.53. The zero-order valence-corrected chi connectivity index (χ0v) is 20.9. The lowest BCUT2D eigenvalue weighted by Gasteiger charge is -2.26. The van der Waals surface area contributed by atoms with Gasteiger partial charge >= 0.3 is 0 Å². The molecular formula is C25H33N5O3S. The Morgan fingerprint density at radius 3 is 2.76 bits per heavy atom. The van der Waals surface area contributed by atoms with Gasteiger partial charge in [-0.3, -0.25) is 4.79 Å². The molecule has 1 aliphatic carbocycles. The molecule has 0 amide bonds. The number of rotatable bonds is 10. The van der Waals surface area contributed by atoms with E-state index in [1.54, 1.807) is 6.20 Å². The average molecular weight is 484 g/mol. The molecule has 3 aromatic rings. The number of unbranched alkanes of at least 4 members (excludes halogenated alkanes) is 1. The fourth-order valence-corrected chi connectivity index (χ4v) is 5.40. The van der Waals surface area contributed by atoms with E-state index in [0.29, 0.717) is 18.1 Å². The van der Waals surface area contributed by atoms with Gasteiger partial charge in [0.1, 0.15) is 28.8 Å². The molecule has 182 valence electrons. The summed E-state index contributed by atoms with van der Waals surface area (Å²) < 4.78 is 6.18. The van der Waals surface area contributed by atoms with Crippen molar-refractivity contribution >= 4 is 38.8 Å². The zero-order chi connectivity index (χ0) is 24.1. The summed E-state index contributed by atoms with van der Waals surface area (Å²) in [5.41, 5.74) is 1.63. The van der Waals surface area contributed by atoms with Crippen molar-refractivity contribution < 1.29 is 14.6 Å². The van der Waals surface area contributed by atoms with E-state index in [1.165, 1.54) is 17.7 Å². The van der Waals surface area contributed by atoms with Crippen LogP contribution in [0.15, 0.2) is 24.7 Å². The summed E-state index contributed by atoms with van der Waals surface area (Å²) in [6, 6.07) is 3.76. The molecule has 0 atom stereocenters. The maximum absolute atomic E-state index is 12.9. The lowest BCUT2D eigenvalue weighted by molar-refractivity contribution is 0.0647. The third kappa shape index (κ3) is 5.89. The van der Waals surface area contributed by atoms with Crippen LogP contribution in [0.5, 0.6) is 5.88 Å². The smallest absolute Gasteiger partial charge is 0.238 e. The van der Waals surface area contributed by atoms with Gasteiger partial charge in [-0.25, -0.2) is 15.0 Å². The SMILES string of the molecule is Cc1c(C(=O)CCCCN(C)C)sc2ncnc(Nc3cccnc3OC3CCC(O)CC3)c12.